The van der Waals surface area contributed by atoms with E-state index in [1.807, 2.05) is 19.9 Å². The molecule has 1 aromatic heterocycles. The van der Waals surface area contributed by atoms with Crippen LogP contribution >= 0.6 is 0 Å². The van der Waals surface area contributed by atoms with Gasteiger partial charge in [0.2, 0.25) is 5.88 Å². The second-order valence-corrected chi connectivity index (χ2v) is 4.18. The molecular weight excluding hydrogens is 202 g/mol. The zero-order valence-corrected chi connectivity index (χ0v) is 10.6. The summed E-state index contributed by atoms with van der Waals surface area (Å²) in [7, 11) is 0. The molecule has 0 radical (unpaired) electrons. The van der Waals surface area contributed by atoms with Crippen LogP contribution in [0.4, 0.5) is 5.82 Å². The Morgan fingerprint density at radius 2 is 2.12 bits per heavy atom. The molecule has 16 heavy (non-hydrogen) atoms. The van der Waals surface area contributed by atoms with E-state index < -0.39 is 0 Å². The van der Waals surface area contributed by atoms with Gasteiger partial charge in [-0.25, -0.2) is 4.98 Å². The van der Waals surface area contributed by atoms with Crippen LogP contribution in [0.3, 0.4) is 0 Å². The van der Waals surface area contributed by atoms with Gasteiger partial charge in [0.15, 0.2) is 0 Å². The minimum atomic E-state index is 0.627. The Labute approximate surface area is 97.5 Å². The molecule has 0 aliphatic rings. The number of anilines is 1. The summed E-state index contributed by atoms with van der Waals surface area (Å²) in [6, 6.07) is 1.84. The van der Waals surface area contributed by atoms with Crippen LogP contribution in [0.1, 0.15) is 33.0 Å². The van der Waals surface area contributed by atoms with Crippen molar-refractivity contribution in [1.29, 1.82) is 0 Å². The fourth-order valence-electron chi connectivity index (χ4n) is 1.34. The first-order valence-corrected chi connectivity index (χ1v) is 5.84. The van der Waals surface area contributed by atoms with E-state index in [1.165, 1.54) is 0 Å². The minimum absolute atomic E-state index is 0.627. The number of hydrogen-bond donors (Lipinski definition) is 1. The van der Waals surface area contributed by atoms with Gasteiger partial charge >= 0.3 is 0 Å². The Balaban J connectivity index is 2.58. The van der Waals surface area contributed by atoms with E-state index in [9.17, 15) is 0 Å². The highest BCUT2D eigenvalue weighted by atomic mass is 16.5. The molecule has 1 N–H and O–H groups in total. The molecule has 0 aliphatic carbocycles. The lowest BCUT2D eigenvalue weighted by atomic mass is 10.1. The number of nitrogens with zero attached hydrogens (tertiary/aromatic N) is 2. The largest absolute Gasteiger partial charge is 0.478 e. The zero-order valence-electron chi connectivity index (χ0n) is 10.6. The highest BCUT2D eigenvalue weighted by Crippen LogP contribution is 2.13. The van der Waals surface area contributed by atoms with E-state index in [2.05, 4.69) is 29.1 Å². The quantitative estimate of drug-likeness (QED) is 0.805. The zero-order chi connectivity index (χ0) is 12.0. The van der Waals surface area contributed by atoms with Crippen molar-refractivity contribution in [2.45, 2.75) is 34.1 Å². The SMILES string of the molecule is CCOc1cc(NCCC(C)C)nc(C)n1. The van der Waals surface area contributed by atoms with Crippen molar-refractivity contribution in [3.05, 3.63) is 11.9 Å². The third-order valence-corrected chi connectivity index (χ3v) is 2.13. The van der Waals surface area contributed by atoms with Crippen LogP contribution < -0.4 is 10.1 Å². The molecule has 0 atom stereocenters. The normalized spacial score (nSPS) is 10.6. The maximum Gasteiger partial charge on any atom is 0.218 e. The van der Waals surface area contributed by atoms with Crippen LogP contribution in [0.15, 0.2) is 6.07 Å². The van der Waals surface area contributed by atoms with E-state index in [4.69, 9.17) is 4.74 Å². The van der Waals surface area contributed by atoms with Crippen LogP contribution in [-0.4, -0.2) is 23.1 Å². The molecule has 0 spiro atoms. The van der Waals surface area contributed by atoms with Gasteiger partial charge in [0, 0.05) is 12.6 Å². The Kier molecular flexibility index (Phi) is 5.02. The lowest BCUT2D eigenvalue weighted by molar-refractivity contribution is 0.325. The number of aromatic nitrogens is 2. The highest BCUT2D eigenvalue weighted by molar-refractivity contribution is 5.38. The molecule has 0 aromatic carbocycles. The first kappa shape index (κ1) is 12.7. The molecule has 0 fully saturated rings. The maximum absolute atomic E-state index is 5.36. The predicted octanol–water partition coefficient (Wildman–Crippen LogP) is 2.64. The molecular formula is C12H21N3O. The lowest BCUT2D eigenvalue weighted by Crippen LogP contribution is -2.08. The smallest absolute Gasteiger partial charge is 0.218 e. The third-order valence-electron chi connectivity index (χ3n) is 2.13. The van der Waals surface area contributed by atoms with Gasteiger partial charge in [0.25, 0.3) is 0 Å². The van der Waals surface area contributed by atoms with Gasteiger partial charge < -0.3 is 10.1 Å². The second-order valence-electron chi connectivity index (χ2n) is 4.18. The van der Waals surface area contributed by atoms with Crippen molar-refractivity contribution in [2.24, 2.45) is 5.92 Å². The third kappa shape index (κ3) is 4.47. The average Bonchev–Trinajstić information content (AvgIpc) is 2.16. The Morgan fingerprint density at radius 1 is 1.38 bits per heavy atom. The lowest BCUT2D eigenvalue weighted by Gasteiger charge is -2.09. The Morgan fingerprint density at radius 3 is 2.75 bits per heavy atom. The standard InChI is InChI=1S/C12H21N3O/c1-5-16-12-8-11(14-10(4)15-12)13-7-6-9(2)3/h8-9H,5-7H2,1-4H3,(H,13,14,15). The number of nitrogens with one attached hydrogen (secondary N) is 1. The van der Waals surface area contributed by atoms with Gasteiger partial charge in [0.05, 0.1) is 6.61 Å². The summed E-state index contributed by atoms with van der Waals surface area (Å²) in [5.41, 5.74) is 0. The monoisotopic (exact) mass is 223 g/mol. The van der Waals surface area contributed by atoms with Crippen molar-refractivity contribution in [3.63, 3.8) is 0 Å². The topological polar surface area (TPSA) is 47.0 Å². The van der Waals surface area contributed by atoms with Gasteiger partial charge in [-0.2, -0.15) is 4.98 Å². The van der Waals surface area contributed by atoms with Crippen molar-refractivity contribution >= 4 is 5.82 Å². The first-order chi connectivity index (χ1) is 7.61. The number of aryl methyl sites for hydroxylation is 1. The Hall–Kier alpha value is -1.32. The fourth-order valence-corrected chi connectivity index (χ4v) is 1.34. The molecule has 1 rings (SSSR count). The van der Waals surface area contributed by atoms with Gasteiger partial charge in [-0.3, -0.25) is 0 Å². The van der Waals surface area contributed by atoms with E-state index >= 15 is 0 Å². The van der Waals surface area contributed by atoms with Crippen LogP contribution in [-0.2, 0) is 0 Å². The molecule has 0 unspecified atom stereocenters. The molecule has 0 saturated heterocycles. The highest BCUT2D eigenvalue weighted by Gasteiger charge is 2.02. The molecule has 0 amide bonds. The van der Waals surface area contributed by atoms with Crippen LogP contribution in [0, 0.1) is 12.8 Å². The van der Waals surface area contributed by atoms with Crippen LogP contribution in [0.25, 0.3) is 0 Å². The van der Waals surface area contributed by atoms with E-state index in [0.29, 0.717) is 18.4 Å². The first-order valence-electron chi connectivity index (χ1n) is 5.84. The second kappa shape index (κ2) is 6.30. The predicted molar refractivity (Wildman–Crippen MR) is 65.9 cm³/mol. The summed E-state index contributed by atoms with van der Waals surface area (Å²) in [6.07, 6.45) is 1.13. The van der Waals surface area contributed by atoms with Crippen LogP contribution in [0.5, 0.6) is 5.88 Å². The maximum atomic E-state index is 5.36. The number of rotatable bonds is 6. The van der Waals surface area contributed by atoms with E-state index in [0.717, 1.165) is 24.6 Å². The fraction of sp³-hybridized carbons (Fsp3) is 0.667. The number of ether oxygens (including phenoxy) is 1. The molecule has 4 heteroatoms. The Bertz CT molecular complexity index is 326. The van der Waals surface area contributed by atoms with Gasteiger partial charge in [0.1, 0.15) is 11.6 Å². The molecule has 1 aromatic rings. The summed E-state index contributed by atoms with van der Waals surface area (Å²) >= 11 is 0. The minimum Gasteiger partial charge on any atom is -0.478 e. The summed E-state index contributed by atoms with van der Waals surface area (Å²) < 4.78 is 5.36. The van der Waals surface area contributed by atoms with Crippen molar-refractivity contribution in [2.75, 3.05) is 18.5 Å². The van der Waals surface area contributed by atoms with E-state index in [-0.39, 0.29) is 0 Å². The molecule has 90 valence electrons. The molecule has 0 bridgehead atoms. The van der Waals surface area contributed by atoms with Crippen LogP contribution in [0.2, 0.25) is 0 Å². The van der Waals surface area contributed by atoms with Crippen molar-refractivity contribution in [1.82, 2.24) is 9.97 Å². The van der Waals surface area contributed by atoms with Gasteiger partial charge in [-0.1, -0.05) is 13.8 Å². The summed E-state index contributed by atoms with van der Waals surface area (Å²) in [4.78, 5) is 8.50. The summed E-state index contributed by atoms with van der Waals surface area (Å²) in [6.45, 7) is 9.79. The average molecular weight is 223 g/mol. The van der Waals surface area contributed by atoms with Crippen molar-refractivity contribution < 1.29 is 4.74 Å². The summed E-state index contributed by atoms with van der Waals surface area (Å²) in [5, 5.41) is 3.28. The molecule has 4 nitrogen and oxygen atoms in total. The molecule has 0 aliphatic heterocycles. The van der Waals surface area contributed by atoms with E-state index in [1.54, 1.807) is 0 Å². The number of hydrogen-bond acceptors (Lipinski definition) is 4. The molecule has 0 saturated carbocycles. The molecule has 1 heterocycles. The van der Waals surface area contributed by atoms with Gasteiger partial charge in [-0.15, -0.1) is 0 Å². The summed E-state index contributed by atoms with van der Waals surface area (Å²) in [5.74, 6) is 2.92. The van der Waals surface area contributed by atoms with Gasteiger partial charge in [-0.05, 0) is 26.2 Å². The van der Waals surface area contributed by atoms with Crippen molar-refractivity contribution in [3.8, 4) is 5.88 Å².